The van der Waals surface area contributed by atoms with Crippen LogP contribution in [0.1, 0.15) is 25.3 Å². The molecule has 3 heteroatoms. The van der Waals surface area contributed by atoms with Gasteiger partial charge in [0.05, 0.1) is 5.69 Å². The molecule has 16 heavy (non-hydrogen) atoms. The summed E-state index contributed by atoms with van der Waals surface area (Å²) in [4.78, 5) is 4.41. The van der Waals surface area contributed by atoms with Crippen LogP contribution in [0.5, 0.6) is 0 Å². The fourth-order valence-electron chi connectivity index (χ4n) is 1.61. The SMILES string of the molecule is CCCCc1ccc(-c2csc(Br)n2)cc1. The highest BCUT2D eigenvalue weighted by atomic mass is 79.9. The van der Waals surface area contributed by atoms with Gasteiger partial charge in [-0.2, -0.15) is 0 Å². The smallest absolute Gasteiger partial charge is 0.159 e. The molecule has 2 rings (SSSR count). The Morgan fingerprint density at radius 3 is 2.56 bits per heavy atom. The summed E-state index contributed by atoms with van der Waals surface area (Å²) < 4.78 is 0.942. The van der Waals surface area contributed by atoms with Crippen molar-refractivity contribution in [3.05, 3.63) is 39.1 Å². The van der Waals surface area contributed by atoms with Gasteiger partial charge in [0.25, 0.3) is 0 Å². The molecule has 0 radical (unpaired) electrons. The molecule has 0 atom stereocenters. The third kappa shape index (κ3) is 2.92. The highest BCUT2D eigenvalue weighted by molar-refractivity contribution is 9.11. The van der Waals surface area contributed by atoms with E-state index in [4.69, 9.17) is 0 Å². The number of hydrogen-bond donors (Lipinski definition) is 0. The van der Waals surface area contributed by atoms with Gasteiger partial charge in [0.2, 0.25) is 0 Å². The number of benzene rings is 1. The Morgan fingerprint density at radius 2 is 2.00 bits per heavy atom. The van der Waals surface area contributed by atoms with Gasteiger partial charge in [-0.05, 0) is 34.3 Å². The maximum absolute atomic E-state index is 4.41. The zero-order chi connectivity index (χ0) is 11.4. The molecule has 0 aliphatic heterocycles. The topological polar surface area (TPSA) is 12.9 Å². The summed E-state index contributed by atoms with van der Waals surface area (Å²) in [6, 6.07) is 8.73. The normalized spacial score (nSPS) is 10.6. The lowest BCUT2D eigenvalue weighted by Crippen LogP contribution is -1.85. The van der Waals surface area contributed by atoms with E-state index in [1.807, 2.05) is 0 Å². The van der Waals surface area contributed by atoms with E-state index in [1.165, 1.54) is 30.4 Å². The predicted octanol–water partition coefficient (Wildman–Crippen LogP) is 4.92. The number of rotatable bonds is 4. The van der Waals surface area contributed by atoms with Crippen molar-refractivity contribution in [1.82, 2.24) is 4.98 Å². The van der Waals surface area contributed by atoms with E-state index in [2.05, 4.69) is 57.5 Å². The Morgan fingerprint density at radius 1 is 1.25 bits per heavy atom. The minimum absolute atomic E-state index is 0.942. The number of hydrogen-bond acceptors (Lipinski definition) is 2. The van der Waals surface area contributed by atoms with E-state index in [0.717, 1.165) is 9.61 Å². The van der Waals surface area contributed by atoms with Crippen LogP contribution in [0.3, 0.4) is 0 Å². The molecular weight excluding hydrogens is 282 g/mol. The van der Waals surface area contributed by atoms with Crippen LogP contribution in [0.25, 0.3) is 11.3 Å². The van der Waals surface area contributed by atoms with E-state index in [0.29, 0.717) is 0 Å². The molecular formula is C13H14BrNS. The first-order valence-corrected chi connectivity index (χ1v) is 7.17. The summed E-state index contributed by atoms with van der Waals surface area (Å²) in [7, 11) is 0. The summed E-state index contributed by atoms with van der Waals surface area (Å²) in [6.07, 6.45) is 3.69. The number of aryl methyl sites for hydroxylation is 1. The van der Waals surface area contributed by atoms with E-state index in [1.54, 1.807) is 11.3 Å². The summed E-state index contributed by atoms with van der Waals surface area (Å²) in [6.45, 7) is 2.22. The van der Waals surface area contributed by atoms with Crippen LogP contribution in [0.2, 0.25) is 0 Å². The predicted molar refractivity (Wildman–Crippen MR) is 73.9 cm³/mol. The van der Waals surface area contributed by atoms with Crippen LogP contribution in [-0.2, 0) is 6.42 Å². The fourth-order valence-corrected chi connectivity index (χ4v) is 2.63. The lowest BCUT2D eigenvalue weighted by molar-refractivity contribution is 0.795. The molecule has 0 saturated carbocycles. The molecule has 84 valence electrons. The molecule has 0 fully saturated rings. The maximum Gasteiger partial charge on any atom is 0.159 e. The van der Waals surface area contributed by atoms with Crippen molar-refractivity contribution in [3.8, 4) is 11.3 Å². The largest absolute Gasteiger partial charge is 0.229 e. The van der Waals surface area contributed by atoms with Crippen LogP contribution in [0.15, 0.2) is 33.6 Å². The van der Waals surface area contributed by atoms with Crippen molar-refractivity contribution in [1.29, 1.82) is 0 Å². The van der Waals surface area contributed by atoms with Crippen molar-refractivity contribution in [2.45, 2.75) is 26.2 Å². The molecule has 0 aliphatic rings. The quantitative estimate of drug-likeness (QED) is 0.780. The molecule has 0 saturated heterocycles. The Balaban J connectivity index is 2.13. The lowest BCUT2D eigenvalue weighted by atomic mass is 10.1. The lowest BCUT2D eigenvalue weighted by Gasteiger charge is -2.01. The minimum Gasteiger partial charge on any atom is -0.229 e. The highest BCUT2D eigenvalue weighted by Gasteiger charge is 2.02. The average Bonchev–Trinajstić information content (AvgIpc) is 2.74. The van der Waals surface area contributed by atoms with Crippen LogP contribution in [-0.4, -0.2) is 4.98 Å². The first kappa shape index (κ1) is 11.8. The van der Waals surface area contributed by atoms with Gasteiger partial charge in [0.15, 0.2) is 3.92 Å². The first-order valence-electron chi connectivity index (χ1n) is 5.50. The Bertz CT molecular complexity index is 447. The molecule has 1 aromatic carbocycles. The fraction of sp³-hybridized carbons (Fsp3) is 0.308. The molecule has 1 nitrogen and oxygen atoms in total. The molecule has 2 aromatic rings. The average molecular weight is 296 g/mol. The maximum atomic E-state index is 4.41. The second-order valence-electron chi connectivity index (χ2n) is 3.79. The first-order chi connectivity index (χ1) is 7.79. The molecule has 1 aromatic heterocycles. The van der Waals surface area contributed by atoms with Crippen LogP contribution in [0.4, 0.5) is 0 Å². The Kier molecular flexibility index (Phi) is 4.13. The van der Waals surface area contributed by atoms with Crippen molar-refractivity contribution < 1.29 is 0 Å². The Labute approximate surface area is 109 Å². The van der Waals surface area contributed by atoms with E-state index in [-0.39, 0.29) is 0 Å². The zero-order valence-corrected chi connectivity index (χ0v) is 11.6. The van der Waals surface area contributed by atoms with Crippen LogP contribution < -0.4 is 0 Å². The van der Waals surface area contributed by atoms with Gasteiger partial charge < -0.3 is 0 Å². The molecule has 0 amide bonds. The molecule has 0 N–H and O–H groups in total. The third-order valence-corrected chi connectivity index (χ3v) is 3.91. The number of aromatic nitrogens is 1. The van der Waals surface area contributed by atoms with Gasteiger partial charge in [0.1, 0.15) is 0 Å². The standard InChI is InChI=1S/C13H14BrNS/c1-2-3-4-10-5-7-11(8-6-10)12-9-16-13(14)15-12/h5-9H,2-4H2,1H3. The van der Waals surface area contributed by atoms with Gasteiger partial charge in [-0.3, -0.25) is 0 Å². The molecule has 0 unspecified atom stereocenters. The summed E-state index contributed by atoms with van der Waals surface area (Å²) in [5, 5.41) is 2.07. The van der Waals surface area contributed by atoms with Crippen LogP contribution in [0, 0.1) is 0 Å². The highest BCUT2D eigenvalue weighted by Crippen LogP contribution is 2.25. The van der Waals surface area contributed by atoms with Crippen molar-refractivity contribution in [2.24, 2.45) is 0 Å². The van der Waals surface area contributed by atoms with Crippen LogP contribution >= 0.6 is 27.3 Å². The number of halogens is 1. The van der Waals surface area contributed by atoms with Gasteiger partial charge in [-0.15, -0.1) is 11.3 Å². The van der Waals surface area contributed by atoms with Crippen molar-refractivity contribution in [3.63, 3.8) is 0 Å². The molecule has 0 bridgehead atoms. The van der Waals surface area contributed by atoms with E-state index >= 15 is 0 Å². The van der Waals surface area contributed by atoms with E-state index < -0.39 is 0 Å². The van der Waals surface area contributed by atoms with Crippen molar-refractivity contribution in [2.75, 3.05) is 0 Å². The Hall–Kier alpha value is -0.670. The second-order valence-corrected chi connectivity index (χ2v) is 5.92. The van der Waals surface area contributed by atoms with Gasteiger partial charge in [-0.1, -0.05) is 37.6 Å². The monoisotopic (exact) mass is 295 g/mol. The van der Waals surface area contributed by atoms with Crippen molar-refractivity contribution >= 4 is 27.3 Å². The van der Waals surface area contributed by atoms with Gasteiger partial charge in [-0.25, -0.2) is 4.98 Å². The second kappa shape index (κ2) is 5.60. The van der Waals surface area contributed by atoms with E-state index in [9.17, 15) is 0 Å². The molecule has 0 spiro atoms. The summed E-state index contributed by atoms with van der Waals surface area (Å²) >= 11 is 5.01. The third-order valence-electron chi connectivity index (χ3n) is 2.54. The number of nitrogens with zero attached hydrogens (tertiary/aromatic N) is 1. The van der Waals surface area contributed by atoms with Gasteiger partial charge >= 0.3 is 0 Å². The zero-order valence-electron chi connectivity index (χ0n) is 9.24. The molecule has 0 aliphatic carbocycles. The minimum atomic E-state index is 0.942. The number of unbranched alkanes of at least 4 members (excludes halogenated alkanes) is 1. The van der Waals surface area contributed by atoms with Gasteiger partial charge in [0, 0.05) is 10.9 Å². The number of thiazole rings is 1. The molecule has 1 heterocycles. The summed E-state index contributed by atoms with van der Waals surface area (Å²) in [5.74, 6) is 0. The summed E-state index contributed by atoms with van der Waals surface area (Å²) in [5.41, 5.74) is 3.67.